The Morgan fingerprint density at radius 2 is 1.83 bits per heavy atom. The molecule has 2 aromatic carbocycles. The molecule has 24 heavy (non-hydrogen) atoms. The summed E-state index contributed by atoms with van der Waals surface area (Å²) in [5.74, 6) is 0.672. The quantitative estimate of drug-likeness (QED) is 0.629. The van der Waals surface area contributed by atoms with Crippen LogP contribution in [0.25, 0.3) is 22.2 Å². The second-order valence-corrected chi connectivity index (χ2v) is 5.60. The van der Waals surface area contributed by atoms with Gasteiger partial charge in [0, 0.05) is 16.0 Å². The van der Waals surface area contributed by atoms with Crippen LogP contribution in [0, 0.1) is 6.92 Å². The van der Waals surface area contributed by atoms with Crippen LogP contribution in [-0.4, -0.2) is 17.1 Å². The Kier molecular flexibility index (Phi) is 4.09. The molecule has 0 aliphatic rings. The number of rotatable bonds is 2. The normalized spacial score (nSPS) is 11.8. The molecule has 0 fully saturated rings. The number of fused-ring (bicyclic) bond motifs is 1. The zero-order valence-corrected chi connectivity index (χ0v) is 13.5. The number of hydrogen-bond donors (Lipinski definition) is 0. The van der Waals surface area contributed by atoms with Crippen LogP contribution in [0.4, 0.5) is 13.2 Å². The first kappa shape index (κ1) is 16.5. The molecule has 1 aromatic heterocycles. The summed E-state index contributed by atoms with van der Waals surface area (Å²) >= 11 is 5.96. The van der Waals surface area contributed by atoms with Crippen molar-refractivity contribution in [1.82, 2.24) is 9.97 Å². The van der Waals surface area contributed by atoms with E-state index >= 15 is 0 Å². The third-order valence-corrected chi connectivity index (χ3v) is 3.80. The number of para-hydroxylation sites is 1. The molecule has 3 aromatic rings. The molecule has 0 radical (unpaired) electrons. The number of benzene rings is 2. The van der Waals surface area contributed by atoms with Gasteiger partial charge in [-0.25, -0.2) is 9.97 Å². The number of aryl methyl sites for hydroxylation is 1. The highest BCUT2D eigenvalue weighted by atomic mass is 35.5. The maximum atomic E-state index is 13.3. The first-order chi connectivity index (χ1) is 11.3. The molecule has 124 valence electrons. The number of ether oxygens (including phenoxy) is 1. The van der Waals surface area contributed by atoms with E-state index in [1.807, 2.05) is 0 Å². The van der Waals surface area contributed by atoms with E-state index in [2.05, 4.69) is 9.97 Å². The SMILES string of the molecule is COc1cc(Cl)ccc1-c1nc(C)nc2c(C(F)(F)F)cccc12. The zero-order chi connectivity index (χ0) is 17.5. The van der Waals surface area contributed by atoms with Crippen molar-refractivity contribution in [2.24, 2.45) is 0 Å². The maximum absolute atomic E-state index is 13.3. The Bertz CT molecular complexity index is 926. The first-order valence-electron chi connectivity index (χ1n) is 6.99. The van der Waals surface area contributed by atoms with E-state index < -0.39 is 11.7 Å². The number of nitrogens with zero attached hydrogens (tertiary/aromatic N) is 2. The van der Waals surface area contributed by atoms with Crippen LogP contribution in [-0.2, 0) is 6.18 Å². The molecule has 0 saturated heterocycles. The number of methoxy groups -OCH3 is 1. The molecule has 0 spiro atoms. The molecule has 0 atom stereocenters. The van der Waals surface area contributed by atoms with E-state index in [0.29, 0.717) is 27.4 Å². The van der Waals surface area contributed by atoms with Gasteiger partial charge in [-0.2, -0.15) is 13.2 Å². The number of hydrogen-bond acceptors (Lipinski definition) is 3. The van der Waals surface area contributed by atoms with Crippen LogP contribution in [0.3, 0.4) is 0 Å². The molecule has 3 nitrogen and oxygen atoms in total. The van der Waals surface area contributed by atoms with Crippen molar-refractivity contribution in [2.75, 3.05) is 7.11 Å². The van der Waals surface area contributed by atoms with E-state index in [1.165, 1.54) is 13.2 Å². The summed E-state index contributed by atoms with van der Waals surface area (Å²) in [5.41, 5.74) is -0.00183. The van der Waals surface area contributed by atoms with E-state index in [-0.39, 0.29) is 11.3 Å². The molecule has 0 aliphatic heterocycles. The van der Waals surface area contributed by atoms with Gasteiger partial charge in [-0.05, 0) is 31.2 Å². The summed E-state index contributed by atoms with van der Waals surface area (Å²) in [5, 5.41) is 0.762. The Morgan fingerprint density at radius 1 is 1.08 bits per heavy atom. The summed E-state index contributed by atoms with van der Waals surface area (Å²) in [6, 6.07) is 8.81. The summed E-state index contributed by atoms with van der Waals surface area (Å²) in [6.45, 7) is 1.55. The van der Waals surface area contributed by atoms with Gasteiger partial charge in [0.15, 0.2) is 0 Å². The predicted octanol–water partition coefficient (Wildman–Crippen LogP) is 5.29. The highest BCUT2D eigenvalue weighted by Gasteiger charge is 2.33. The molecular weight excluding hydrogens is 341 g/mol. The average Bonchev–Trinajstić information content (AvgIpc) is 2.52. The topological polar surface area (TPSA) is 35.0 Å². The van der Waals surface area contributed by atoms with Crippen LogP contribution in [0.2, 0.25) is 5.02 Å². The molecule has 0 N–H and O–H groups in total. The molecule has 0 aliphatic carbocycles. The summed E-state index contributed by atoms with van der Waals surface area (Å²) in [4.78, 5) is 8.33. The van der Waals surface area contributed by atoms with Crippen molar-refractivity contribution < 1.29 is 17.9 Å². The van der Waals surface area contributed by atoms with Crippen molar-refractivity contribution in [2.45, 2.75) is 13.1 Å². The molecule has 0 unspecified atom stereocenters. The van der Waals surface area contributed by atoms with Gasteiger partial charge >= 0.3 is 6.18 Å². The van der Waals surface area contributed by atoms with Gasteiger partial charge < -0.3 is 4.74 Å². The maximum Gasteiger partial charge on any atom is 0.418 e. The predicted molar refractivity (Wildman–Crippen MR) is 86.3 cm³/mol. The fraction of sp³-hybridized carbons (Fsp3) is 0.176. The highest BCUT2D eigenvalue weighted by Crippen LogP contribution is 2.39. The highest BCUT2D eigenvalue weighted by molar-refractivity contribution is 6.30. The van der Waals surface area contributed by atoms with Crippen LogP contribution < -0.4 is 4.74 Å². The molecule has 3 rings (SSSR count). The Labute approximate surface area is 141 Å². The van der Waals surface area contributed by atoms with E-state index in [4.69, 9.17) is 16.3 Å². The first-order valence-corrected chi connectivity index (χ1v) is 7.37. The lowest BCUT2D eigenvalue weighted by Crippen LogP contribution is -2.08. The van der Waals surface area contributed by atoms with Crippen molar-refractivity contribution in [3.05, 3.63) is 52.8 Å². The van der Waals surface area contributed by atoms with Crippen molar-refractivity contribution in [1.29, 1.82) is 0 Å². The number of aromatic nitrogens is 2. The standard InChI is InChI=1S/C17H12ClF3N2O/c1-9-22-15(11-7-6-10(18)8-14(11)24-2)12-4-3-5-13(16(12)23-9)17(19,20)21/h3-8H,1-2H3. The Balaban J connectivity index is 2.38. The third-order valence-electron chi connectivity index (χ3n) is 3.56. The fourth-order valence-electron chi connectivity index (χ4n) is 2.56. The largest absolute Gasteiger partial charge is 0.496 e. The van der Waals surface area contributed by atoms with Crippen LogP contribution >= 0.6 is 11.6 Å². The third kappa shape index (κ3) is 2.89. The summed E-state index contributed by atoms with van der Waals surface area (Å²) in [7, 11) is 1.46. The van der Waals surface area contributed by atoms with Gasteiger partial charge in [-0.15, -0.1) is 0 Å². The van der Waals surface area contributed by atoms with Crippen LogP contribution in [0.15, 0.2) is 36.4 Å². The monoisotopic (exact) mass is 352 g/mol. The summed E-state index contributed by atoms with van der Waals surface area (Å²) < 4.78 is 45.1. The van der Waals surface area contributed by atoms with Crippen LogP contribution in [0.5, 0.6) is 5.75 Å². The van der Waals surface area contributed by atoms with E-state index in [1.54, 1.807) is 31.2 Å². The number of alkyl halides is 3. The fourth-order valence-corrected chi connectivity index (χ4v) is 2.72. The lowest BCUT2D eigenvalue weighted by atomic mass is 10.0. The molecule has 1 heterocycles. The smallest absolute Gasteiger partial charge is 0.418 e. The average molecular weight is 353 g/mol. The molecular formula is C17H12ClF3N2O. The van der Waals surface area contributed by atoms with Crippen molar-refractivity contribution >= 4 is 22.5 Å². The van der Waals surface area contributed by atoms with E-state index in [9.17, 15) is 13.2 Å². The second kappa shape index (κ2) is 5.94. The molecule has 0 bridgehead atoms. The number of halogens is 4. The van der Waals surface area contributed by atoms with Gasteiger partial charge in [0.2, 0.25) is 0 Å². The molecule has 7 heteroatoms. The molecule has 0 saturated carbocycles. The van der Waals surface area contributed by atoms with Gasteiger partial charge in [0.25, 0.3) is 0 Å². The van der Waals surface area contributed by atoms with Gasteiger partial charge in [0.05, 0.1) is 23.9 Å². The van der Waals surface area contributed by atoms with Crippen molar-refractivity contribution in [3.8, 4) is 17.0 Å². The molecule has 0 amide bonds. The van der Waals surface area contributed by atoms with Gasteiger partial charge in [-0.1, -0.05) is 23.7 Å². The summed E-state index contributed by atoms with van der Waals surface area (Å²) in [6.07, 6.45) is -4.50. The minimum Gasteiger partial charge on any atom is -0.496 e. The lowest BCUT2D eigenvalue weighted by molar-refractivity contribution is -0.136. The lowest BCUT2D eigenvalue weighted by Gasteiger charge is -2.14. The minimum atomic E-state index is -4.50. The van der Waals surface area contributed by atoms with Crippen molar-refractivity contribution in [3.63, 3.8) is 0 Å². The van der Waals surface area contributed by atoms with Crippen LogP contribution in [0.1, 0.15) is 11.4 Å². The minimum absolute atomic E-state index is 0.135. The van der Waals surface area contributed by atoms with Gasteiger partial charge in [0.1, 0.15) is 11.6 Å². The zero-order valence-electron chi connectivity index (χ0n) is 12.8. The second-order valence-electron chi connectivity index (χ2n) is 5.16. The van der Waals surface area contributed by atoms with E-state index in [0.717, 1.165) is 6.07 Å². The Hall–Kier alpha value is -2.34. The Morgan fingerprint density at radius 3 is 2.50 bits per heavy atom. The van der Waals surface area contributed by atoms with Gasteiger partial charge in [-0.3, -0.25) is 0 Å².